The Bertz CT molecular complexity index is 1260. The smallest absolute Gasteiger partial charge is 0.156 e. The van der Waals surface area contributed by atoms with Crippen molar-refractivity contribution in [3.05, 3.63) is 94.5 Å². The molecule has 0 aliphatic carbocycles. The highest BCUT2D eigenvalue weighted by molar-refractivity contribution is 8.03. The summed E-state index contributed by atoms with van der Waals surface area (Å²) in [6.07, 6.45) is 6.83. The Balaban J connectivity index is 1.32. The van der Waals surface area contributed by atoms with E-state index in [2.05, 4.69) is 21.3 Å². The Morgan fingerprint density at radius 1 is 0.947 bits per heavy atom. The van der Waals surface area contributed by atoms with Crippen LogP contribution >= 0.6 is 11.8 Å². The third-order valence-electron chi connectivity index (χ3n) is 7.08. The normalized spacial score (nSPS) is 19.2. The molecule has 2 aliphatic rings. The van der Waals surface area contributed by atoms with Crippen molar-refractivity contribution < 1.29 is 15.0 Å². The number of rotatable bonds is 7. The van der Waals surface area contributed by atoms with E-state index in [4.69, 9.17) is 0 Å². The van der Waals surface area contributed by atoms with Gasteiger partial charge in [-0.25, -0.2) is 4.98 Å². The van der Waals surface area contributed by atoms with Gasteiger partial charge in [-0.1, -0.05) is 36.4 Å². The zero-order chi connectivity index (χ0) is 26.3. The highest BCUT2D eigenvalue weighted by atomic mass is 32.2. The van der Waals surface area contributed by atoms with Gasteiger partial charge in [0.05, 0.1) is 0 Å². The van der Waals surface area contributed by atoms with Gasteiger partial charge in [-0.2, -0.15) is 0 Å². The summed E-state index contributed by atoms with van der Waals surface area (Å²) in [6.45, 7) is 2.57. The quantitative estimate of drug-likeness (QED) is 0.277. The van der Waals surface area contributed by atoms with E-state index in [-0.39, 0.29) is 0 Å². The summed E-state index contributed by atoms with van der Waals surface area (Å²) in [5, 5.41) is 25.6. The van der Waals surface area contributed by atoms with Crippen LogP contribution in [0.25, 0.3) is 0 Å². The van der Waals surface area contributed by atoms with E-state index in [9.17, 15) is 15.0 Å². The number of nitrogens with one attached hydrogen (secondary N) is 1. The number of allylic oxidation sites excluding steroid dienone is 2. The minimum Gasteiger partial charge on any atom is -0.369 e. The molecular formula is C30H34N4O3S. The number of nitrogens with zero attached hydrogens (tertiary/aromatic N) is 3. The molecule has 8 heteroatoms. The monoisotopic (exact) mass is 530 g/mol. The van der Waals surface area contributed by atoms with Crippen LogP contribution in [0.2, 0.25) is 0 Å². The molecule has 2 atom stereocenters. The molecule has 3 aromatic rings. The van der Waals surface area contributed by atoms with E-state index in [0.717, 1.165) is 83.8 Å². The first kappa shape index (κ1) is 26.3. The van der Waals surface area contributed by atoms with Crippen molar-refractivity contribution in [2.24, 2.45) is 0 Å². The van der Waals surface area contributed by atoms with E-state index >= 15 is 0 Å². The fraction of sp³-hybridized carbons (Fsp3) is 0.333. The highest BCUT2D eigenvalue weighted by Crippen LogP contribution is 2.34. The largest absolute Gasteiger partial charge is 0.369 e. The third kappa shape index (κ3) is 6.04. The third-order valence-corrected chi connectivity index (χ3v) is 8.14. The SMILES string of the molecule is O=C/C1=C/CCCN(C(O)c2ccc(NC(O)c3cccnc3N3CCCC3)cc2)c2ccccc2CS1. The zero-order valence-electron chi connectivity index (χ0n) is 21.4. The molecule has 1 fully saturated rings. The number of thioether (sulfide) groups is 1. The predicted octanol–water partition coefficient (Wildman–Crippen LogP) is 5.39. The number of aliphatic hydroxyl groups excluding tert-OH is 2. The van der Waals surface area contributed by atoms with Crippen molar-refractivity contribution in [1.29, 1.82) is 0 Å². The average molecular weight is 531 g/mol. The number of aromatic nitrogens is 1. The molecule has 3 N–H and O–H groups in total. The van der Waals surface area contributed by atoms with Gasteiger partial charge in [-0.05, 0) is 61.6 Å². The number of hydrogen-bond donors (Lipinski definition) is 3. The molecule has 1 saturated heterocycles. The van der Waals surface area contributed by atoms with Crippen LogP contribution in [0, 0.1) is 0 Å². The van der Waals surface area contributed by atoms with Crippen LogP contribution < -0.4 is 15.1 Å². The summed E-state index contributed by atoms with van der Waals surface area (Å²) in [6, 6.07) is 19.4. The molecule has 1 aromatic heterocycles. The number of aldehydes is 1. The van der Waals surface area contributed by atoms with Gasteiger partial charge in [0, 0.05) is 59.0 Å². The highest BCUT2D eigenvalue weighted by Gasteiger charge is 2.23. The second-order valence-corrected chi connectivity index (χ2v) is 10.7. The number of aliphatic hydroxyl groups is 2. The Labute approximate surface area is 228 Å². The van der Waals surface area contributed by atoms with Gasteiger partial charge in [-0.15, -0.1) is 11.8 Å². The Morgan fingerprint density at radius 2 is 1.74 bits per heavy atom. The van der Waals surface area contributed by atoms with Gasteiger partial charge in [0.1, 0.15) is 5.82 Å². The number of anilines is 3. The van der Waals surface area contributed by atoms with E-state index in [1.807, 2.05) is 65.6 Å². The van der Waals surface area contributed by atoms with Crippen LogP contribution in [0.15, 0.2) is 77.8 Å². The first-order valence-corrected chi connectivity index (χ1v) is 14.2. The molecule has 0 bridgehead atoms. The van der Waals surface area contributed by atoms with E-state index < -0.39 is 12.5 Å². The summed E-state index contributed by atoms with van der Waals surface area (Å²) in [5.74, 6) is 1.49. The van der Waals surface area contributed by atoms with Crippen molar-refractivity contribution in [2.75, 3.05) is 34.8 Å². The van der Waals surface area contributed by atoms with Gasteiger partial charge in [-0.3, -0.25) is 4.79 Å². The number of benzene rings is 2. The topological polar surface area (TPSA) is 88.9 Å². The summed E-state index contributed by atoms with van der Waals surface area (Å²) in [4.78, 5) is 20.9. The number of fused-ring (bicyclic) bond motifs is 1. The van der Waals surface area contributed by atoms with Crippen LogP contribution in [0.1, 0.15) is 54.8 Å². The Hall–Kier alpha value is -3.33. The Kier molecular flexibility index (Phi) is 8.63. The number of pyridine rings is 1. The van der Waals surface area contributed by atoms with Crippen LogP contribution in [-0.4, -0.2) is 41.1 Å². The molecule has 2 aromatic carbocycles. The number of hydrogen-bond acceptors (Lipinski definition) is 8. The molecule has 0 saturated carbocycles. The fourth-order valence-corrected chi connectivity index (χ4v) is 5.95. The number of para-hydroxylation sites is 1. The molecule has 2 aliphatic heterocycles. The second-order valence-electron chi connectivity index (χ2n) is 9.63. The van der Waals surface area contributed by atoms with Gasteiger partial charge in [0.2, 0.25) is 0 Å². The molecule has 0 radical (unpaired) electrons. The lowest BCUT2D eigenvalue weighted by atomic mass is 10.1. The molecule has 198 valence electrons. The second kappa shape index (κ2) is 12.5. The van der Waals surface area contributed by atoms with E-state index in [1.165, 1.54) is 11.8 Å². The van der Waals surface area contributed by atoms with Gasteiger partial charge in [0.15, 0.2) is 18.7 Å². The summed E-state index contributed by atoms with van der Waals surface area (Å²) < 4.78 is 0. The predicted molar refractivity (Wildman–Crippen MR) is 154 cm³/mol. The van der Waals surface area contributed by atoms with Crippen molar-refractivity contribution in [2.45, 2.75) is 43.9 Å². The summed E-state index contributed by atoms with van der Waals surface area (Å²) >= 11 is 1.53. The number of carbonyl (C=O) groups excluding carboxylic acids is 1. The molecule has 5 rings (SSSR count). The molecule has 7 nitrogen and oxygen atoms in total. The fourth-order valence-electron chi connectivity index (χ4n) is 5.08. The molecule has 0 amide bonds. The van der Waals surface area contributed by atoms with Crippen LogP contribution in [0.3, 0.4) is 0 Å². The molecule has 2 unspecified atom stereocenters. The molecule has 3 heterocycles. The first-order valence-electron chi connectivity index (χ1n) is 13.2. The number of carbonyl (C=O) groups is 1. The summed E-state index contributed by atoms with van der Waals surface area (Å²) in [5.41, 5.74) is 4.34. The van der Waals surface area contributed by atoms with Crippen LogP contribution in [-0.2, 0) is 10.5 Å². The van der Waals surface area contributed by atoms with Gasteiger partial charge < -0.3 is 25.3 Å². The first-order chi connectivity index (χ1) is 18.6. The van der Waals surface area contributed by atoms with E-state index in [0.29, 0.717) is 12.3 Å². The van der Waals surface area contributed by atoms with Crippen molar-refractivity contribution in [3.63, 3.8) is 0 Å². The summed E-state index contributed by atoms with van der Waals surface area (Å²) in [7, 11) is 0. The van der Waals surface area contributed by atoms with Gasteiger partial charge in [0.25, 0.3) is 0 Å². The van der Waals surface area contributed by atoms with Crippen molar-refractivity contribution >= 4 is 35.2 Å². The van der Waals surface area contributed by atoms with Crippen LogP contribution in [0.4, 0.5) is 17.2 Å². The minimum absolute atomic E-state index is 0.657. The van der Waals surface area contributed by atoms with Crippen molar-refractivity contribution in [3.8, 4) is 0 Å². The molecule has 0 spiro atoms. The molecule has 38 heavy (non-hydrogen) atoms. The van der Waals surface area contributed by atoms with E-state index in [1.54, 1.807) is 6.20 Å². The maximum absolute atomic E-state index is 11.4. The zero-order valence-corrected chi connectivity index (χ0v) is 22.2. The lowest BCUT2D eigenvalue weighted by Crippen LogP contribution is -2.30. The maximum Gasteiger partial charge on any atom is 0.156 e. The van der Waals surface area contributed by atoms with Crippen molar-refractivity contribution in [1.82, 2.24) is 4.98 Å². The maximum atomic E-state index is 11.4. The lowest BCUT2D eigenvalue weighted by Gasteiger charge is -2.32. The molecular weight excluding hydrogens is 496 g/mol. The van der Waals surface area contributed by atoms with Crippen LogP contribution in [0.5, 0.6) is 0 Å². The minimum atomic E-state index is -0.897. The standard InChI is InChI=1S/C30H34N4O3S/c35-20-25-9-3-4-19-34(27-11-2-1-8-23(27)21-38-25)30(37)22-12-14-24(15-13-22)32-29(36)26-10-7-16-31-28(26)33-17-5-6-18-33/h1-2,7-16,20,29-30,32,36-37H,3-6,17-19,21H2/b25-9-. The Morgan fingerprint density at radius 3 is 2.53 bits per heavy atom. The van der Waals surface area contributed by atoms with Gasteiger partial charge >= 0.3 is 0 Å². The average Bonchev–Trinajstić information content (AvgIpc) is 3.50. The lowest BCUT2D eigenvalue weighted by molar-refractivity contribution is -0.104.